The number of rotatable bonds is 11. The van der Waals surface area contributed by atoms with E-state index in [9.17, 15) is 14.4 Å². The molecular formula is C34H50N4O5. The van der Waals surface area contributed by atoms with E-state index in [1.54, 1.807) is 25.7 Å². The Morgan fingerprint density at radius 1 is 0.953 bits per heavy atom. The highest BCUT2D eigenvalue weighted by atomic mass is 16.6. The van der Waals surface area contributed by atoms with E-state index in [4.69, 9.17) is 9.47 Å². The molecule has 2 aromatic carbocycles. The molecule has 0 saturated carbocycles. The molecule has 1 aliphatic rings. The van der Waals surface area contributed by atoms with Gasteiger partial charge >= 0.3 is 6.09 Å². The van der Waals surface area contributed by atoms with E-state index in [1.807, 2.05) is 62.4 Å². The molecule has 0 spiro atoms. The SMILES string of the molecule is CC(C)[C@@H](NC(=O)OC(C)(C)C)C(=O)N1CCc2cc(Oc3ccccc3)ccc2C1C(=O)NCCN(C(C)C)C(C)C. The summed E-state index contributed by atoms with van der Waals surface area (Å²) in [4.78, 5) is 44.6. The monoisotopic (exact) mass is 594 g/mol. The first-order chi connectivity index (χ1) is 20.2. The fourth-order valence-electron chi connectivity index (χ4n) is 5.46. The van der Waals surface area contributed by atoms with Crippen molar-refractivity contribution in [3.63, 3.8) is 0 Å². The van der Waals surface area contributed by atoms with E-state index in [-0.39, 0.29) is 17.7 Å². The van der Waals surface area contributed by atoms with Crippen molar-refractivity contribution in [2.24, 2.45) is 5.92 Å². The molecule has 3 rings (SSSR count). The van der Waals surface area contributed by atoms with Crippen LogP contribution in [0.5, 0.6) is 11.5 Å². The number of hydrogen-bond donors (Lipinski definition) is 2. The van der Waals surface area contributed by atoms with Gasteiger partial charge in [0.25, 0.3) is 0 Å². The molecule has 0 aromatic heterocycles. The van der Waals surface area contributed by atoms with E-state index in [2.05, 4.69) is 43.2 Å². The lowest BCUT2D eigenvalue weighted by Gasteiger charge is -2.39. The summed E-state index contributed by atoms with van der Waals surface area (Å²) in [7, 11) is 0. The first kappa shape index (κ1) is 33.9. The second-order valence-electron chi connectivity index (χ2n) is 13.0. The zero-order valence-corrected chi connectivity index (χ0v) is 27.3. The zero-order chi connectivity index (χ0) is 31.9. The molecule has 9 nitrogen and oxygen atoms in total. The summed E-state index contributed by atoms with van der Waals surface area (Å²) in [5, 5.41) is 5.86. The Labute approximate surface area is 257 Å². The van der Waals surface area contributed by atoms with Crippen molar-refractivity contribution in [2.45, 2.75) is 98.5 Å². The van der Waals surface area contributed by atoms with Crippen molar-refractivity contribution in [3.05, 3.63) is 59.7 Å². The number of benzene rings is 2. The Morgan fingerprint density at radius 2 is 1.60 bits per heavy atom. The number of alkyl carbamates (subject to hydrolysis) is 1. The van der Waals surface area contributed by atoms with Gasteiger partial charge in [0.15, 0.2) is 0 Å². The lowest BCUT2D eigenvalue weighted by molar-refractivity contribution is -0.143. The number of para-hydroxylation sites is 1. The smallest absolute Gasteiger partial charge is 0.408 e. The Bertz CT molecular complexity index is 1230. The molecule has 1 unspecified atom stereocenters. The summed E-state index contributed by atoms with van der Waals surface area (Å²) in [5.74, 6) is 0.593. The van der Waals surface area contributed by atoms with Crippen LogP contribution >= 0.6 is 0 Å². The highest BCUT2D eigenvalue weighted by molar-refractivity contribution is 5.93. The molecule has 0 bridgehead atoms. The molecule has 43 heavy (non-hydrogen) atoms. The number of nitrogens with one attached hydrogen (secondary N) is 2. The number of hydrogen-bond acceptors (Lipinski definition) is 6. The molecule has 236 valence electrons. The van der Waals surface area contributed by atoms with Gasteiger partial charge in [0.05, 0.1) is 0 Å². The minimum atomic E-state index is -0.857. The fraction of sp³-hybridized carbons (Fsp3) is 0.559. The van der Waals surface area contributed by atoms with Gasteiger partial charge in [-0.3, -0.25) is 14.5 Å². The number of carbonyl (C=O) groups excluding carboxylic acids is 3. The average molecular weight is 595 g/mol. The number of ether oxygens (including phenoxy) is 2. The summed E-state index contributed by atoms with van der Waals surface area (Å²) >= 11 is 0. The molecule has 0 aliphatic carbocycles. The molecule has 0 fully saturated rings. The van der Waals surface area contributed by atoms with E-state index >= 15 is 0 Å². The largest absolute Gasteiger partial charge is 0.457 e. The first-order valence-corrected chi connectivity index (χ1v) is 15.4. The average Bonchev–Trinajstić information content (AvgIpc) is 2.91. The third-order valence-electron chi connectivity index (χ3n) is 7.45. The Kier molecular flexibility index (Phi) is 11.6. The van der Waals surface area contributed by atoms with E-state index in [1.165, 1.54) is 0 Å². The lowest BCUT2D eigenvalue weighted by atomic mass is 9.90. The van der Waals surface area contributed by atoms with Crippen molar-refractivity contribution in [2.75, 3.05) is 19.6 Å². The van der Waals surface area contributed by atoms with Gasteiger partial charge in [-0.2, -0.15) is 0 Å². The minimum absolute atomic E-state index is 0.225. The third kappa shape index (κ3) is 9.45. The second-order valence-corrected chi connectivity index (χ2v) is 13.0. The van der Waals surface area contributed by atoms with Gasteiger partial charge in [0.2, 0.25) is 11.8 Å². The maximum atomic E-state index is 14.1. The van der Waals surface area contributed by atoms with Gasteiger partial charge in [-0.05, 0) is 96.2 Å². The van der Waals surface area contributed by atoms with Crippen LogP contribution < -0.4 is 15.4 Å². The number of carbonyl (C=O) groups is 3. The van der Waals surface area contributed by atoms with Crippen LogP contribution in [0, 0.1) is 5.92 Å². The minimum Gasteiger partial charge on any atom is -0.457 e. The van der Waals surface area contributed by atoms with Crippen molar-refractivity contribution in [1.82, 2.24) is 20.4 Å². The Hall–Kier alpha value is -3.59. The van der Waals surface area contributed by atoms with Gasteiger partial charge in [-0.15, -0.1) is 0 Å². The molecule has 0 saturated heterocycles. The predicted molar refractivity (Wildman–Crippen MR) is 169 cm³/mol. The maximum absolute atomic E-state index is 14.1. The lowest BCUT2D eigenvalue weighted by Crippen LogP contribution is -2.56. The number of fused-ring (bicyclic) bond motifs is 1. The van der Waals surface area contributed by atoms with E-state index < -0.39 is 23.8 Å². The Balaban J connectivity index is 1.90. The van der Waals surface area contributed by atoms with Crippen LogP contribution in [0.15, 0.2) is 48.5 Å². The number of amides is 3. The molecule has 1 aliphatic heterocycles. The number of nitrogens with zero attached hydrogens (tertiary/aromatic N) is 2. The van der Waals surface area contributed by atoms with Crippen LogP contribution in [-0.4, -0.2) is 71.1 Å². The molecule has 3 amide bonds. The standard InChI is InChI=1S/C34H50N4O5/c1-22(2)29(36-33(41)43-34(7,8)9)32(40)38-19-17-25-21-27(42-26-13-11-10-12-14-26)15-16-28(25)30(38)31(39)35-18-20-37(23(3)4)24(5)6/h10-16,21-24,29-30H,17-20H2,1-9H3,(H,35,39)(H,36,41)/t29-,30?/m1/s1. The molecular weight excluding hydrogens is 544 g/mol. The van der Waals surface area contributed by atoms with Crippen LogP contribution in [0.3, 0.4) is 0 Å². The van der Waals surface area contributed by atoms with Gasteiger partial charge in [0.1, 0.15) is 29.2 Å². The molecule has 2 atom stereocenters. The van der Waals surface area contributed by atoms with Crippen LogP contribution in [0.4, 0.5) is 4.79 Å². The Morgan fingerprint density at radius 3 is 2.19 bits per heavy atom. The highest BCUT2D eigenvalue weighted by Crippen LogP contribution is 2.34. The van der Waals surface area contributed by atoms with Crippen molar-refractivity contribution >= 4 is 17.9 Å². The summed E-state index contributed by atoms with van der Waals surface area (Å²) in [6.45, 7) is 19.1. The molecule has 9 heteroatoms. The predicted octanol–water partition coefficient (Wildman–Crippen LogP) is 5.69. The van der Waals surface area contributed by atoms with Crippen molar-refractivity contribution in [1.29, 1.82) is 0 Å². The summed E-state index contributed by atoms with van der Waals surface area (Å²) in [6, 6.07) is 14.1. The van der Waals surface area contributed by atoms with Gasteiger partial charge < -0.3 is 25.0 Å². The van der Waals surface area contributed by atoms with Crippen molar-refractivity contribution < 1.29 is 23.9 Å². The highest BCUT2D eigenvalue weighted by Gasteiger charge is 2.40. The summed E-state index contributed by atoms with van der Waals surface area (Å²) < 4.78 is 11.5. The quantitative estimate of drug-likeness (QED) is 0.347. The van der Waals surface area contributed by atoms with Gasteiger partial charge in [0, 0.05) is 31.7 Å². The van der Waals surface area contributed by atoms with E-state index in [0.717, 1.165) is 16.9 Å². The summed E-state index contributed by atoms with van der Waals surface area (Å²) in [6.07, 6.45) is -0.120. The molecule has 2 N–H and O–H groups in total. The van der Waals surface area contributed by atoms with Crippen LogP contribution in [0.2, 0.25) is 0 Å². The van der Waals surface area contributed by atoms with E-state index in [0.29, 0.717) is 43.9 Å². The third-order valence-corrected chi connectivity index (χ3v) is 7.45. The van der Waals surface area contributed by atoms with Gasteiger partial charge in [-0.1, -0.05) is 38.1 Å². The van der Waals surface area contributed by atoms with Crippen LogP contribution in [-0.2, 0) is 20.7 Å². The zero-order valence-electron chi connectivity index (χ0n) is 27.3. The fourth-order valence-corrected chi connectivity index (χ4v) is 5.46. The normalized spacial score (nSPS) is 15.8. The molecule has 2 aromatic rings. The van der Waals surface area contributed by atoms with Crippen LogP contribution in [0.1, 0.15) is 79.5 Å². The van der Waals surface area contributed by atoms with Gasteiger partial charge in [-0.25, -0.2) is 4.79 Å². The second kappa shape index (κ2) is 14.7. The first-order valence-electron chi connectivity index (χ1n) is 15.4. The molecule has 1 heterocycles. The van der Waals surface area contributed by atoms with Crippen molar-refractivity contribution in [3.8, 4) is 11.5 Å². The van der Waals surface area contributed by atoms with Crippen LogP contribution in [0.25, 0.3) is 0 Å². The summed E-state index contributed by atoms with van der Waals surface area (Å²) in [5.41, 5.74) is 0.993. The topological polar surface area (TPSA) is 100 Å². The maximum Gasteiger partial charge on any atom is 0.408 e. The molecule has 0 radical (unpaired) electrons.